The molecule has 0 bridgehead atoms. The van der Waals surface area contributed by atoms with Gasteiger partial charge < -0.3 is 4.90 Å². The highest BCUT2D eigenvalue weighted by Gasteiger charge is 2.27. The van der Waals surface area contributed by atoms with Crippen LogP contribution in [-0.2, 0) is 6.42 Å². The Morgan fingerprint density at radius 3 is 2.52 bits per heavy atom. The minimum absolute atomic E-state index is 0.149. The quantitative estimate of drug-likeness (QED) is 0.687. The summed E-state index contributed by atoms with van der Waals surface area (Å²) in [6.07, 6.45) is 10.4. The highest BCUT2D eigenvalue weighted by Crippen LogP contribution is 2.28. The lowest BCUT2D eigenvalue weighted by molar-refractivity contribution is 0.0710. The SMILES string of the molecule is CC1=CN=C(C2CCN(C(=O)c3ccc(-c4ccc5c(c4)CC=C5)cc3)CC2)C1. The molecule has 0 N–H and O–H groups in total. The Hall–Kier alpha value is -2.94. The number of benzene rings is 2. The first-order valence-electron chi connectivity index (χ1n) is 10.6. The Kier molecular flexibility index (Phi) is 4.67. The van der Waals surface area contributed by atoms with Gasteiger partial charge in [-0.2, -0.15) is 0 Å². The molecule has 2 heterocycles. The summed E-state index contributed by atoms with van der Waals surface area (Å²) in [5, 5.41) is 0. The van der Waals surface area contributed by atoms with Crippen molar-refractivity contribution in [2.24, 2.45) is 10.9 Å². The average Bonchev–Trinajstić information content (AvgIpc) is 3.42. The Morgan fingerprint density at radius 1 is 1.03 bits per heavy atom. The van der Waals surface area contributed by atoms with Crippen molar-refractivity contribution in [1.82, 2.24) is 4.90 Å². The number of rotatable bonds is 3. The van der Waals surface area contributed by atoms with Crippen LogP contribution >= 0.6 is 0 Å². The van der Waals surface area contributed by atoms with Crippen LogP contribution in [0, 0.1) is 5.92 Å². The Morgan fingerprint density at radius 2 is 1.79 bits per heavy atom. The zero-order valence-corrected chi connectivity index (χ0v) is 16.9. The van der Waals surface area contributed by atoms with Gasteiger partial charge >= 0.3 is 0 Å². The van der Waals surface area contributed by atoms with Crippen LogP contribution in [-0.4, -0.2) is 29.6 Å². The summed E-state index contributed by atoms with van der Waals surface area (Å²) in [7, 11) is 0. The molecule has 2 aromatic carbocycles. The van der Waals surface area contributed by atoms with Gasteiger partial charge in [0.25, 0.3) is 5.91 Å². The minimum atomic E-state index is 0.149. The molecule has 1 amide bonds. The number of fused-ring (bicyclic) bond motifs is 1. The highest BCUT2D eigenvalue weighted by molar-refractivity contribution is 5.95. The maximum Gasteiger partial charge on any atom is 0.253 e. The molecular formula is C26H26N2O. The lowest BCUT2D eigenvalue weighted by Gasteiger charge is -2.32. The number of likely N-dealkylation sites (tertiary alicyclic amines) is 1. The van der Waals surface area contributed by atoms with Crippen LogP contribution in [0.15, 0.2) is 65.3 Å². The number of piperidine rings is 1. The topological polar surface area (TPSA) is 32.7 Å². The summed E-state index contributed by atoms with van der Waals surface area (Å²) >= 11 is 0. The largest absolute Gasteiger partial charge is 0.339 e. The van der Waals surface area contributed by atoms with E-state index in [4.69, 9.17) is 0 Å². The number of amides is 1. The van der Waals surface area contributed by atoms with Crippen LogP contribution in [0.5, 0.6) is 0 Å². The maximum atomic E-state index is 13.0. The molecule has 0 radical (unpaired) electrons. The molecule has 0 spiro atoms. The third kappa shape index (κ3) is 3.57. The number of carbonyl (C=O) groups is 1. The first-order valence-corrected chi connectivity index (χ1v) is 10.6. The molecule has 2 aromatic rings. The van der Waals surface area contributed by atoms with Gasteiger partial charge in [-0.15, -0.1) is 0 Å². The van der Waals surface area contributed by atoms with Crippen molar-refractivity contribution in [2.75, 3.05) is 13.1 Å². The van der Waals surface area contributed by atoms with Crippen LogP contribution in [0.2, 0.25) is 0 Å². The summed E-state index contributed by atoms with van der Waals surface area (Å²) in [4.78, 5) is 19.5. The highest BCUT2D eigenvalue weighted by atomic mass is 16.2. The molecule has 3 aliphatic rings. The van der Waals surface area contributed by atoms with Gasteiger partial charge in [-0.1, -0.05) is 42.5 Å². The standard InChI is InChI=1S/C26H26N2O/c1-18-15-25(27-17-18)21-11-13-28(14-12-21)26(29)22-8-5-20(6-9-22)24-10-7-19-3-2-4-23(19)16-24/h2-3,5-10,16-17,21H,4,11-15H2,1H3. The third-order valence-corrected chi connectivity index (χ3v) is 6.41. The molecule has 2 aliphatic heterocycles. The first-order chi connectivity index (χ1) is 14.2. The minimum Gasteiger partial charge on any atom is -0.339 e. The van der Waals surface area contributed by atoms with E-state index in [1.54, 1.807) is 0 Å². The number of carbonyl (C=O) groups excluding carboxylic acids is 1. The maximum absolute atomic E-state index is 13.0. The second-order valence-electron chi connectivity index (χ2n) is 8.44. The van der Waals surface area contributed by atoms with Crippen LogP contribution < -0.4 is 0 Å². The molecule has 1 aliphatic carbocycles. The lowest BCUT2D eigenvalue weighted by atomic mass is 9.89. The lowest BCUT2D eigenvalue weighted by Crippen LogP contribution is -2.40. The molecule has 146 valence electrons. The van der Waals surface area contributed by atoms with E-state index in [2.05, 4.69) is 54.4 Å². The second-order valence-corrected chi connectivity index (χ2v) is 8.44. The van der Waals surface area contributed by atoms with Crippen LogP contribution in [0.1, 0.15) is 47.7 Å². The van der Waals surface area contributed by atoms with E-state index in [0.717, 1.165) is 49.9 Å². The van der Waals surface area contributed by atoms with E-state index < -0.39 is 0 Å². The third-order valence-electron chi connectivity index (χ3n) is 6.41. The monoisotopic (exact) mass is 382 g/mol. The first kappa shape index (κ1) is 18.1. The molecule has 1 saturated heterocycles. The Bertz CT molecular complexity index is 1030. The summed E-state index contributed by atoms with van der Waals surface area (Å²) in [5.41, 5.74) is 8.51. The van der Waals surface area contributed by atoms with Gasteiger partial charge in [-0.25, -0.2) is 0 Å². The van der Waals surface area contributed by atoms with E-state index in [0.29, 0.717) is 5.92 Å². The van der Waals surface area contributed by atoms with E-state index >= 15 is 0 Å². The Labute approximate surface area is 172 Å². The molecule has 0 aromatic heterocycles. The van der Waals surface area contributed by atoms with Crippen LogP contribution in [0.3, 0.4) is 0 Å². The summed E-state index contributed by atoms with van der Waals surface area (Å²) in [6, 6.07) is 14.7. The molecular weight excluding hydrogens is 356 g/mol. The predicted molar refractivity (Wildman–Crippen MR) is 119 cm³/mol. The van der Waals surface area contributed by atoms with Gasteiger partial charge in [0.15, 0.2) is 0 Å². The molecule has 1 fully saturated rings. The summed E-state index contributed by atoms with van der Waals surface area (Å²) < 4.78 is 0. The number of hydrogen-bond donors (Lipinski definition) is 0. The predicted octanol–water partition coefficient (Wildman–Crippen LogP) is 5.52. The van der Waals surface area contributed by atoms with Crippen molar-refractivity contribution in [3.63, 3.8) is 0 Å². The zero-order valence-electron chi connectivity index (χ0n) is 16.9. The van der Waals surface area contributed by atoms with Crippen molar-refractivity contribution in [3.8, 4) is 11.1 Å². The van der Waals surface area contributed by atoms with Gasteiger partial charge in [0.1, 0.15) is 0 Å². The molecule has 3 heteroatoms. The van der Waals surface area contributed by atoms with Gasteiger partial charge in [0.2, 0.25) is 0 Å². The zero-order chi connectivity index (χ0) is 19.8. The fraction of sp³-hybridized carbons (Fsp3) is 0.308. The van der Waals surface area contributed by atoms with E-state index in [1.807, 2.05) is 23.2 Å². The van der Waals surface area contributed by atoms with Gasteiger partial charge in [-0.05, 0) is 66.1 Å². The smallest absolute Gasteiger partial charge is 0.253 e. The molecule has 3 nitrogen and oxygen atoms in total. The normalized spacial score (nSPS) is 18.6. The average molecular weight is 383 g/mol. The second kappa shape index (κ2) is 7.47. The summed E-state index contributed by atoms with van der Waals surface area (Å²) in [5.74, 6) is 0.681. The summed E-state index contributed by atoms with van der Waals surface area (Å²) in [6.45, 7) is 3.78. The van der Waals surface area contributed by atoms with E-state index in [-0.39, 0.29) is 5.91 Å². The van der Waals surface area contributed by atoms with E-state index in [9.17, 15) is 4.79 Å². The van der Waals surface area contributed by atoms with Crippen molar-refractivity contribution in [3.05, 3.63) is 77.0 Å². The van der Waals surface area contributed by atoms with Gasteiger partial charge in [-0.3, -0.25) is 9.79 Å². The van der Waals surface area contributed by atoms with Crippen molar-refractivity contribution in [2.45, 2.75) is 32.6 Å². The number of hydrogen-bond acceptors (Lipinski definition) is 2. The fourth-order valence-corrected chi connectivity index (χ4v) is 4.66. The molecule has 29 heavy (non-hydrogen) atoms. The molecule has 0 saturated carbocycles. The fourth-order valence-electron chi connectivity index (χ4n) is 4.66. The van der Waals surface area contributed by atoms with Crippen molar-refractivity contribution >= 4 is 17.7 Å². The van der Waals surface area contributed by atoms with Crippen LogP contribution in [0.25, 0.3) is 17.2 Å². The van der Waals surface area contributed by atoms with Crippen molar-refractivity contribution in [1.29, 1.82) is 0 Å². The van der Waals surface area contributed by atoms with Gasteiger partial charge in [0.05, 0.1) is 0 Å². The van der Waals surface area contributed by atoms with E-state index in [1.165, 1.54) is 28.0 Å². The van der Waals surface area contributed by atoms with Gasteiger partial charge in [0, 0.05) is 42.9 Å². The number of allylic oxidation sites excluding steroid dienone is 2. The molecule has 0 unspecified atom stereocenters. The molecule has 0 atom stereocenters. The number of aliphatic imine (C=N–C) groups is 1. The Balaban J connectivity index is 1.23. The number of nitrogens with zero attached hydrogens (tertiary/aromatic N) is 2. The van der Waals surface area contributed by atoms with Crippen molar-refractivity contribution < 1.29 is 4.79 Å². The molecule has 5 rings (SSSR count). The van der Waals surface area contributed by atoms with Crippen LogP contribution in [0.4, 0.5) is 0 Å².